The largest absolute Gasteiger partial charge is 0.496 e. The summed E-state index contributed by atoms with van der Waals surface area (Å²) in [5.74, 6) is 0.420. The lowest BCUT2D eigenvalue weighted by Gasteiger charge is -2.19. The summed E-state index contributed by atoms with van der Waals surface area (Å²) in [7, 11) is 5.94. The van der Waals surface area contributed by atoms with Crippen LogP contribution in [0.4, 0.5) is 5.69 Å². The number of likely N-dealkylation sites (N-methyl/N-ethyl adjacent to an activating group) is 1. The van der Waals surface area contributed by atoms with Gasteiger partial charge in [0.2, 0.25) is 5.91 Å². The number of amides is 2. The van der Waals surface area contributed by atoms with Crippen molar-refractivity contribution in [1.82, 2.24) is 4.90 Å². The molecule has 0 saturated heterocycles. The molecule has 0 bridgehead atoms. The fourth-order valence-electron chi connectivity index (χ4n) is 2.42. The number of hydrogen-bond donors (Lipinski definition) is 1. The number of hydrogen-bond acceptors (Lipinski definition) is 5. The summed E-state index contributed by atoms with van der Waals surface area (Å²) in [5, 5.41) is 3.28. The first-order chi connectivity index (χ1) is 12.9. The van der Waals surface area contributed by atoms with Gasteiger partial charge in [0.25, 0.3) is 5.91 Å². The van der Waals surface area contributed by atoms with Crippen molar-refractivity contribution in [3.63, 3.8) is 0 Å². The van der Waals surface area contributed by atoms with E-state index in [1.54, 1.807) is 30.3 Å². The summed E-state index contributed by atoms with van der Waals surface area (Å²) in [6.45, 7) is -0.140. The molecule has 1 N–H and O–H groups in total. The highest BCUT2D eigenvalue weighted by Crippen LogP contribution is 2.35. The topological polar surface area (TPSA) is 77.1 Å². The van der Waals surface area contributed by atoms with E-state index in [2.05, 4.69) is 5.32 Å². The van der Waals surface area contributed by atoms with E-state index in [0.717, 1.165) is 0 Å². The zero-order valence-electron chi connectivity index (χ0n) is 15.5. The van der Waals surface area contributed by atoms with Crippen LogP contribution in [0, 0.1) is 0 Å². The number of rotatable bonds is 7. The number of benzene rings is 2. The normalized spacial score (nSPS) is 10.1. The molecule has 0 spiro atoms. The third-order valence-electron chi connectivity index (χ3n) is 3.79. The third kappa shape index (κ3) is 5.04. The van der Waals surface area contributed by atoms with Crippen LogP contribution in [-0.2, 0) is 4.79 Å². The van der Waals surface area contributed by atoms with Gasteiger partial charge in [-0.3, -0.25) is 9.59 Å². The molecule has 0 aliphatic rings. The molecule has 7 nitrogen and oxygen atoms in total. The van der Waals surface area contributed by atoms with E-state index in [0.29, 0.717) is 28.0 Å². The Hall–Kier alpha value is -2.93. The zero-order chi connectivity index (χ0) is 20.0. The minimum atomic E-state index is -0.390. The predicted molar refractivity (Wildman–Crippen MR) is 103 cm³/mol. The Kier molecular flexibility index (Phi) is 6.90. The number of nitrogens with one attached hydrogen (secondary N) is 1. The van der Waals surface area contributed by atoms with Gasteiger partial charge < -0.3 is 24.4 Å². The molecule has 0 aromatic heterocycles. The average molecular weight is 393 g/mol. The van der Waals surface area contributed by atoms with E-state index in [-0.39, 0.29) is 23.9 Å². The van der Waals surface area contributed by atoms with Crippen molar-refractivity contribution in [3.05, 3.63) is 47.0 Å². The fourth-order valence-corrected chi connectivity index (χ4v) is 2.55. The molecule has 0 atom stereocenters. The van der Waals surface area contributed by atoms with Gasteiger partial charge in [-0.2, -0.15) is 0 Å². The third-order valence-corrected chi connectivity index (χ3v) is 4.04. The molecule has 144 valence electrons. The van der Waals surface area contributed by atoms with Gasteiger partial charge in [0.1, 0.15) is 5.75 Å². The van der Waals surface area contributed by atoms with Gasteiger partial charge in [0.05, 0.1) is 33.4 Å². The molecule has 0 aliphatic carbocycles. The quantitative estimate of drug-likeness (QED) is 0.783. The molecule has 2 rings (SSSR count). The molecular formula is C19H21ClN2O5. The van der Waals surface area contributed by atoms with Crippen LogP contribution in [0.5, 0.6) is 17.2 Å². The summed E-state index contributed by atoms with van der Waals surface area (Å²) in [6.07, 6.45) is 0. The highest BCUT2D eigenvalue weighted by Gasteiger charge is 2.22. The Morgan fingerprint density at radius 3 is 2.07 bits per heavy atom. The first-order valence-corrected chi connectivity index (χ1v) is 8.38. The molecule has 0 radical (unpaired) electrons. The molecule has 2 aromatic carbocycles. The first kappa shape index (κ1) is 20.4. The summed E-state index contributed by atoms with van der Waals surface area (Å²) < 4.78 is 15.7. The second kappa shape index (κ2) is 9.14. The van der Waals surface area contributed by atoms with Crippen LogP contribution in [0.3, 0.4) is 0 Å². The Balaban J connectivity index is 2.14. The van der Waals surface area contributed by atoms with Crippen molar-refractivity contribution >= 4 is 29.1 Å². The van der Waals surface area contributed by atoms with Crippen LogP contribution in [0.1, 0.15) is 10.4 Å². The van der Waals surface area contributed by atoms with Crippen molar-refractivity contribution in [3.8, 4) is 17.2 Å². The zero-order valence-corrected chi connectivity index (χ0v) is 16.3. The molecule has 0 fully saturated rings. The maximum atomic E-state index is 12.8. The maximum absolute atomic E-state index is 12.8. The Labute approximate surface area is 162 Å². The molecule has 8 heteroatoms. The number of carbonyl (C=O) groups excluding carboxylic acids is 2. The summed E-state index contributed by atoms with van der Waals surface area (Å²) in [5.41, 5.74) is 0.853. The molecule has 0 aliphatic heterocycles. The number of ether oxygens (including phenoxy) is 3. The van der Waals surface area contributed by atoms with Crippen LogP contribution < -0.4 is 19.5 Å². The van der Waals surface area contributed by atoms with Gasteiger partial charge in [0, 0.05) is 29.9 Å². The summed E-state index contributed by atoms with van der Waals surface area (Å²) in [6, 6.07) is 9.78. The summed E-state index contributed by atoms with van der Waals surface area (Å²) in [4.78, 5) is 26.3. The minimum Gasteiger partial charge on any atom is -0.496 e. The Morgan fingerprint density at radius 2 is 1.52 bits per heavy atom. The molecule has 27 heavy (non-hydrogen) atoms. The number of methoxy groups -OCH3 is 3. The van der Waals surface area contributed by atoms with Crippen molar-refractivity contribution < 1.29 is 23.8 Å². The standard InChI is InChI=1S/C19H21ClN2O5/c1-22(11-18(23)21-13-7-5-12(20)6-8-13)19(24)14-9-16(26-3)17(27-4)10-15(14)25-2/h5-10H,11H2,1-4H3,(H,21,23). The van der Waals surface area contributed by atoms with Crippen LogP contribution in [0.25, 0.3) is 0 Å². The van der Waals surface area contributed by atoms with Crippen LogP contribution in [0.15, 0.2) is 36.4 Å². The van der Waals surface area contributed by atoms with Gasteiger partial charge in [-0.25, -0.2) is 0 Å². The number of halogens is 1. The highest BCUT2D eigenvalue weighted by atomic mass is 35.5. The fraction of sp³-hybridized carbons (Fsp3) is 0.263. The molecule has 2 amide bonds. The van der Waals surface area contributed by atoms with Gasteiger partial charge in [-0.15, -0.1) is 0 Å². The monoisotopic (exact) mass is 392 g/mol. The SMILES string of the molecule is COc1cc(OC)c(C(=O)N(C)CC(=O)Nc2ccc(Cl)cc2)cc1OC. The predicted octanol–water partition coefficient (Wildman–Crippen LogP) is 3.08. The molecule has 0 unspecified atom stereocenters. The molecule has 2 aromatic rings. The lowest BCUT2D eigenvalue weighted by Crippen LogP contribution is -2.35. The maximum Gasteiger partial charge on any atom is 0.257 e. The summed E-state index contributed by atoms with van der Waals surface area (Å²) >= 11 is 5.82. The van der Waals surface area contributed by atoms with Gasteiger partial charge >= 0.3 is 0 Å². The second-order valence-corrected chi connectivity index (χ2v) is 6.06. The van der Waals surface area contributed by atoms with Crippen LogP contribution in [-0.4, -0.2) is 51.6 Å². The average Bonchev–Trinajstić information content (AvgIpc) is 2.67. The lowest BCUT2D eigenvalue weighted by molar-refractivity contribution is -0.116. The van der Waals surface area contributed by atoms with E-state index in [9.17, 15) is 9.59 Å². The lowest BCUT2D eigenvalue weighted by atomic mass is 10.1. The molecular weight excluding hydrogens is 372 g/mol. The van der Waals surface area contributed by atoms with Gasteiger partial charge in [-0.1, -0.05) is 11.6 Å². The van der Waals surface area contributed by atoms with Crippen molar-refractivity contribution in [2.24, 2.45) is 0 Å². The van der Waals surface area contributed by atoms with Gasteiger partial charge in [-0.05, 0) is 24.3 Å². The number of carbonyl (C=O) groups is 2. The van der Waals surface area contributed by atoms with Crippen molar-refractivity contribution in [2.75, 3.05) is 40.2 Å². The number of nitrogens with zero attached hydrogens (tertiary/aromatic N) is 1. The van der Waals surface area contributed by atoms with Crippen LogP contribution in [0.2, 0.25) is 5.02 Å². The van der Waals surface area contributed by atoms with Crippen LogP contribution >= 0.6 is 11.6 Å². The minimum absolute atomic E-state index is 0.140. The van der Waals surface area contributed by atoms with Crippen molar-refractivity contribution in [1.29, 1.82) is 0 Å². The molecule has 0 saturated carbocycles. The van der Waals surface area contributed by atoms with E-state index >= 15 is 0 Å². The number of anilines is 1. The van der Waals surface area contributed by atoms with E-state index in [1.165, 1.54) is 39.3 Å². The highest BCUT2D eigenvalue weighted by molar-refractivity contribution is 6.30. The smallest absolute Gasteiger partial charge is 0.257 e. The van der Waals surface area contributed by atoms with Crippen molar-refractivity contribution in [2.45, 2.75) is 0 Å². The van der Waals surface area contributed by atoms with Gasteiger partial charge in [0.15, 0.2) is 11.5 Å². The Bertz CT molecular complexity index is 824. The van der Waals surface area contributed by atoms with E-state index in [4.69, 9.17) is 25.8 Å². The Morgan fingerprint density at radius 1 is 0.963 bits per heavy atom. The molecule has 0 heterocycles. The first-order valence-electron chi connectivity index (χ1n) is 8.00. The van der Waals surface area contributed by atoms with E-state index in [1.807, 2.05) is 0 Å². The second-order valence-electron chi connectivity index (χ2n) is 5.62. The van der Waals surface area contributed by atoms with E-state index < -0.39 is 0 Å².